The van der Waals surface area contributed by atoms with Gasteiger partial charge in [0.1, 0.15) is 5.82 Å². The largest absolute Gasteiger partial charge is 0.493 e. The molecule has 1 aromatic heterocycles. The minimum absolute atomic E-state index is 0.190. The van der Waals surface area contributed by atoms with Crippen LogP contribution >= 0.6 is 0 Å². The number of nitrogens with zero attached hydrogens (tertiary/aromatic N) is 1. The third kappa shape index (κ3) is 5.25. The number of rotatable bonds is 7. The highest BCUT2D eigenvalue weighted by Gasteiger charge is 2.09. The van der Waals surface area contributed by atoms with Crippen LogP contribution in [0.2, 0.25) is 0 Å². The van der Waals surface area contributed by atoms with Crippen LogP contribution in [0.1, 0.15) is 27.0 Å². The van der Waals surface area contributed by atoms with Crippen LogP contribution in [0.25, 0.3) is 0 Å². The molecule has 0 bridgehead atoms. The number of nitrogens with one attached hydrogen (secondary N) is 2. The molecule has 0 spiro atoms. The number of aromatic nitrogens is 1. The summed E-state index contributed by atoms with van der Waals surface area (Å²) in [5, 5.41) is 6.16. The molecule has 0 radical (unpaired) electrons. The van der Waals surface area contributed by atoms with E-state index in [1.54, 1.807) is 32.5 Å². The normalized spacial score (nSPS) is 10.3. The maximum absolute atomic E-state index is 12.4. The van der Waals surface area contributed by atoms with Gasteiger partial charge in [0.05, 0.1) is 19.8 Å². The third-order valence-electron chi connectivity index (χ3n) is 4.42. The van der Waals surface area contributed by atoms with Gasteiger partial charge in [-0.3, -0.25) is 4.79 Å². The maximum atomic E-state index is 12.4. The second-order valence-corrected chi connectivity index (χ2v) is 6.81. The van der Waals surface area contributed by atoms with Gasteiger partial charge in [0.15, 0.2) is 11.5 Å². The van der Waals surface area contributed by atoms with Crippen LogP contribution in [0.4, 0.5) is 11.5 Å². The number of ether oxygens (including phenoxy) is 2. The Labute approximate surface area is 170 Å². The number of pyridine rings is 1. The van der Waals surface area contributed by atoms with Crippen molar-refractivity contribution >= 4 is 17.4 Å². The third-order valence-corrected chi connectivity index (χ3v) is 4.42. The molecule has 0 aliphatic heterocycles. The fraction of sp³-hybridized carbons (Fsp3) is 0.217. The Morgan fingerprint density at radius 2 is 1.66 bits per heavy atom. The molecule has 0 aliphatic carbocycles. The van der Waals surface area contributed by atoms with Gasteiger partial charge in [-0.1, -0.05) is 12.1 Å². The van der Waals surface area contributed by atoms with Crippen molar-refractivity contribution in [2.24, 2.45) is 0 Å². The molecule has 1 amide bonds. The Kier molecular flexibility index (Phi) is 6.34. The topological polar surface area (TPSA) is 72.5 Å². The molecule has 0 saturated carbocycles. The minimum Gasteiger partial charge on any atom is -0.493 e. The second-order valence-electron chi connectivity index (χ2n) is 6.81. The molecule has 0 saturated heterocycles. The summed E-state index contributed by atoms with van der Waals surface area (Å²) < 4.78 is 10.5. The molecule has 150 valence electrons. The molecule has 2 aromatic carbocycles. The van der Waals surface area contributed by atoms with E-state index in [-0.39, 0.29) is 5.91 Å². The van der Waals surface area contributed by atoms with Gasteiger partial charge >= 0.3 is 0 Å². The smallest absolute Gasteiger partial charge is 0.253 e. The monoisotopic (exact) mass is 391 g/mol. The Balaban J connectivity index is 1.61. The first kappa shape index (κ1) is 20.2. The van der Waals surface area contributed by atoms with Crippen molar-refractivity contribution in [2.75, 3.05) is 19.5 Å². The first-order valence-corrected chi connectivity index (χ1v) is 9.29. The number of hydrogen-bond donors (Lipinski definition) is 2. The highest BCUT2D eigenvalue weighted by molar-refractivity contribution is 5.94. The molecule has 2 N–H and O–H groups in total. The lowest BCUT2D eigenvalue weighted by Crippen LogP contribution is -2.23. The zero-order valence-corrected chi connectivity index (χ0v) is 17.1. The summed E-state index contributed by atoms with van der Waals surface area (Å²) in [6, 6.07) is 15.3. The number of carbonyl (C=O) groups excluding carboxylic acids is 1. The molecule has 3 aromatic rings. The lowest BCUT2D eigenvalue weighted by atomic mass is 10.1. The zero-order valence-electron chi connectivity index (χ0n) is 17.1. The number of anilines is 2. The van der Waals surface area contributed by atoms with E-state index in [0.29, 0.717) is 29.4 Å². The van der Waals surface area contributed by atoms with Crippen molar-refractivity contribution in [3.05, 3.63) is 77.0 Å². The fourth-order valence-electron chi connectivity index (χ4n) is 3.07. The molecule has 0 atom stereocenters. The summed E-state index contributed by atoms with van der Waals surface area (Å²) in [6.45, 7) is 4.48. The predicted molar refractivity (Wildman–Crippen MR) is 114 cm³/mol. The summed E-state index contributed by atoms with van der Waals surface area (Å²) in [5.41, 5.74) is 4.74. The molecule has 29 heavy (non-hydrogen) atoms. The summed E-state index contributed by atoms with van der Waals surface area (Å²) in [7, 11) is 3.17. The van der Waals surface area contributed by atoms with Crippen LogP contribution in [0.3, 0.4) is 0 Å². The Morgan fingerprint density at radius 3 is 2.28 bits per heavy atom. The van der Waals surface area contributed by atoms with Crippen LogP contribution in [-0.2, 0) is 6.54 Å². The number of benzene rings is 2. The van der Waals surface area contributed by atoms with E-state index in [4.69, 9.17) is 9.47 Å². The van der Waals surface area contributed by atoms with E-state index in [1.807, 2.05) is 18.2 Å². The lowest BCUT2D eigenvalue weighted by molar-refractivity contribution is 0.0950. The number of hydrogen-bond acceptors (Lipinski definition) is 5. The molecule has 3 rings (SSSR count). The van der Waals surface area contributed by atoms with Gasteiger partial charge < -0.3 is 20.1 Å². The maximum Gasteiger partial charge on any atom is 0.253 e. The van der Waals surface area contributed by atoms with Gasteiger partial charge in [-0.15, -0.1) is 0 Å². The van der Waals surface area contributed by atoms with Crippen molar-refractivity contribution in [3.63, 3.8) is 0 Å². The molecular weight excluding hydrogens is 366 g/mol. The lowest BCUT2D eigenvalue weighted by Gasteiger charge is -2.11. The number of carbonyl (C=O) groups is 1. The molecule has 0 fully saturated rings. The molecule has 0 aliphatic rings. The Hall–Kier alpha value is -3.54. The number of amides is 1. The first-order chi connectivity index (χ1) is 14.0. The van der Waals surface area contributed by atoms with E-state index in [0.717, 1.165) is 11.3 Å². The quantitative estimate of drug-likeness (QED) is 0.625. The van der Waals surface area contributed by atoms with Crippen molar-refractivity contribution in [3.8, 4) is 11.5 Å². The van der Waals surface area contributed by atoms with E-state index < -0.39 is 0 Å². The van der Waals surface area contributed by atoms with E-state index in [9.17, 15) is 4.79 Å². The second kappa shape index (κ2) is 9.10. The van der Waals surface area contributed by atoms with Crippen LogP contribution in [0.15, 0.2) is 54.7 Å². The number of aryl methyl sites for hydroxylation is 2. The highest BCUT2D eigenvalue weighted by atomic mass is 16.5. The van der Waals surface area contributed by atoms with E-state index in [2.05, 4.69) is 47.7 Å². The predicted octanol–water partition coefficient (Wildman–Crippen LogP) is 4.39. The van der Waals surface area contributed by atoms with E-state index >= 15 is 0 Å². The minimum atomic E-state index is -0.190. The molecular formula is C23H25N3O3. The summed E-state index contributed by atoms with van der Waals surface area (Å²) in [5.74, 6) is 1.78. The van der Waals surface area contributed by atoms with Crippen molar-refractivity contribution in [1.29, 1.82) is 0 Å². The van der Waals surface area contributed by atoms with Gasteiger partial charge in [0.25, 0.3) is 5.91 Å². The summed E-state index contributed by atoms with van der Waals surface area (Å²) in [4.78, 5) is 16.8. The SMILES string of the molecule is COc1ccc(CNC(=O)c2ccc(Nc3cc(C)cc(C)c3)nc2)cc1OC. The summed E-state index contributed by atoms with van der Waals surface area (Å²) in [6.07, 6.45) is 1.56. The van der Waals surface area contributed by atoms with Gasteiger partial charge in [0, 0.05) is 18.4 Å². The molecule has 1 heterocycles. The first-order valence-electron chi connectivity index (χ1n) is 9.29. The molecule has 0 unspecified atom stereocenters. The van der Waals surface area contributed by atoms with Gasteiger partial charge in [0.2, 0.25) is 0 Å². The van der Waals surface area contributed by atoms with Crippen molar-refractivity contribution < 1.29 is 14.3 Å². The average molecular weight is 391 g/mol. The Bertz CT molecular complexity index is 980. The Morgan fingerprint density at radius 1 is 0.931 bits per heavy atom. The van der Waals surface area contributed by atoms with Gasteiger partial charge in [-0.2, -0.15) is 0 Å². The highest BCUT2D eigenvalue weighted by Crippen LogP contribution is 2.27. The van der Waals surface area contributed by atoms with Gasteiger partial charge in [-0.25, -0.2) is 4.98 Å². The fourth-order valence-corrected chi connectivity index (χ4v) is 3.07. The number of methoxy groups -OCH3 is 2. The van der Waals surface area contributed by atoms with Crippen molar-refractivity contribution in [1.82, 2.24) is 10.3 Å². The van der Waals surface area contributed by atoms with Crippen LogP contribution in [-0.4, -0.2) is 25.1 Å². The van der Waals surface area contributed by atoms with Crippen LogP contribution < -0.4 is 20.1 Å². The molecule has 6 nitrogen and oxygen atoms in total. The standard InChI is InChI=1S/C23H25N3O3/c1-15-9-16(2)11-19(10-15)26-22-8-6-18(14-24-22)23(27)25-13-17-5-7-20(28-3)21(12-17)29-4/h5-12,14H,13H2,1-4H3,(H,24,26)(H,25,27). The van der Waals surface area contributed by atoms with Gasteiger partial charge in [-0.05, 0) is 66.9 Å². The van der Waals surface area contributed by atoms with Crippen LogP contribution in [0.5, 0.6) is 11.5 Å². The van der Waals surface area contributed by atoms with E-state index in [1.165, 1.54) is 11.1 Å². The molecule has 6 heteroatoms. The zero-order chi connectivity index (χ0) is 20.8. The summed E-state index contributed by atoms with van der Waals surface area (Å²) >= 11 is 0. The average Bonchev–Trinajstić information content (AvgIpc) is 2.71. The van der Waals surface area contributed by atoms with Crippen LogP contribution in [0, 0.1) is 13.8 Å². The van der Waals surface area contributed by atoms with Crippen molar-refractivity contribution in [2.45, 2.75) is 20.4 Å².